The van der Waals surface area contributed by atoms with E-state index in [1.165, 1.54) is 18.5 Å². The minimum absolute atomic E-state index is 0.404. The monoisotopic (exact) mass is 236 g/mol. The van der Waals surface area contributed by atoms with Gasteiger partial charge in [-0.05, 0) is 49.9 Å². The lowest BCUT2D eigenvalue weighted by molar-refractivity contribution is 0.414. The Kier molecular flexibility index (Phi) is 2.56. The van der Waals surface area contributed by atoms with Gasteiger partial charge in [-0.25, -0.2) is 0 Å². The average molecular weight is 237 g/mol. The summed E-state index contributed by atoms with van der Waals surface area (Å²) in [5, 5.41) is 0.810. The fourth-order valence-electron chi connectivity index (χ4n) is 3.25. The van der Waals surface area contributed by atoms with Gasteiger partial charge in [-0.1, -0.05) is 11.6 Å². The van der Waals surface area contributed by atoms with E-state index in [1.807, 2.05) is 12.1 Å². The van der Waals surface area contributed by atoms with Crippen LogP contribution in [0.4, 0.5) is 5.69 Å². The molecule has 86 valence electrons. The van der Waals surface area contributed by atoms with Crippen molar-refractivity contribution in [3.63, 3.8) is 0 Å². The third kappa shape index (κ3) is 1.70. The summed E-state index contributed by atoms with van der Waals surface area (Å²) in [4.78, 5) is 2.56. The Labute approximate surface area is 101 Å². The summed E-state index contributed by atoms with van der Waals surface area (Å²) in [5.74, 6) is 0. The largest absolute Gasteiger partial charge is 0.365 e. The van der Waals surface area contributed by atoms with Crippen molar-refractivity contribution < 1.29 is 0 Å². The van der Waals surface area contributed by atoms with E-state index in [-0.39, 0.29) is 0 Å². The van der Waals surface area contributed by atoms with Gasteiger partial charge in [0.2, 0.25) is 0 Å². The molecule has 0 spiro atoms. The molecule has 0 saturated carbocycles. The molecule has 2 atom stereocenters. The standard InChI is InChI=1S/C13H17ClN2/c14-9-1-3-11(4-2-9)16-12-5-6-13(16)8-10(15)7-12/h1-4,10,12-13H,5-8,15H2. The zero-order valence-corrected chi connectivity index (χ0v) is 10.0. The molecule has 2 unspecified atom stereocenters. The van der Waals surface area contributed by atoms with Gasteiger partial charge in [0, 0.05) is 28.8 Å². The van der Waals surface area contributed by atoms with Crippen molar-refractivity contribution in [3.05, 3.63) is 29.3 Å². The maximum Gasteiger partial charge on any atom is 0.0407 e. The second-order valence-corrected chi connectivity index (χ2v) is 5.44. The molecule has 3 heteroatoms. The molecule has 16 heavy (non-hydrogen) atoms. The van der Waals surface area contributed by atoms with Gasteiger partial charge in [0.05, 0.1) is 0 Å². The first-order chi connectivity index (χ1) is 7.74. The minimum Gasteiger partial charge on any atom is -0.365 e. The van der Waals surface area contributed by atoms with E-state index in [2.05, 4.69) is 17.0 Å². The Morgan fingerprint density at radius 2 is 1.62 bits per heavy atom. The topological polar surface area (TPSA) is 29.3 Å². The molecule has 0 aliphatic carbocycles. The lowest BCUT2D eigenvalue weighted by atomic mass is 9.97. The number of hydrogen-bond donors (Lipinski definition) is 1. The normalized spacial score (nSPS) is 33.1. The Balaban J connectivity index is 1.88. The predicted octanol–water partition coefficient (Wildman–Crippen LogP) is 2.80. The van der Waals surface area contributed by atoms with Crippen LogP contribution in [0.2, 0.25) is 5.02 Å². The highest BCUT2D eigenvalue weighted by Crippen LogP contribution is 2.38. The summed E-state index contributed by atoms with van der Waals surface area (Å²) in [6.45, 7) is 0. The highest BCUT2D eigenvalue weighted by molar-refractivity contribution is 6.30. The molecular weight excluding hydrogens is 220 g/mol. The molecule has 2 aliphatic rings. The van der Waals surface area contributed by atoms with Gasteiger partial charge in [0.15, 0.2) is 0 Å². The van der Waals surface area contributed by atoms with Gasteiger partial charge in [-0.3, -0.25) is 0 Å². The molecule has 2 saturated heterocycles. The molecular formula is C13H17ClN2. The van der Waals surface area contributed by atoms with Crippen molar-refractivity contribution in [1.29, 1.82) is 0 Å². The van der Waals surface area contributed by atoms with E-state index in [0.29, 0.717) is 18.1 Å². The molecule has 0 amide bonds. The Morgan fingerprint density at radius 1 is 1.06 bits per heavy atom. The van der Waals surface area contributed by atoms with Gasteiger partial charge in [-0.15, -0.1) is 0 Å². The number of rotatable bonds is 1. The highest BCUT2D eigenvalue weighted by Gasteiger charge is 2.39. The molecule has 1 aromatic rings. The number of fused-ring (bicyclic) bond motifs is 2. The summed E-state index contributed by atoms with van der Waals surface area (Å²) in [7, 11) is 0. The number of benzene rings is 1. The molecule has 2 fully saturated rings. The molecule has 0 radical (unpaired) electrons. The summed E-state index contributed by atoms with van der Waals surface area (Å²) >= 11 is 5.92. The van der Waals surface area contributed by atoms with Crippen LogP contribution in [0, 0.1) is 0 Å². The van der Waals surface area contributed by atoms with E-state index in [9.17, 15) is 0 Å². The SMILES string of the molecule is NC1CC2CCC(C1)N2c1ccc(Cl)cc1. The number of nitrogens with two attached hydrogens (primary N) is 1. The van der Waals surface area contributed by atoms with Gasteiger partial charge in [-0.2, -0.15) is 0 Å². The summed E-state index contributed by atoms with van der Waals surface area (Å²) in [6, 6.07) is 9.91. The Morgan fingerprint density at radius 3 is 2.19 bits per heavy atom. The van der Waals surface area contributed by atoms with Crippen LogP contribution in [-0.2, 0) is 0 Å². The lowest BCUT2D eigenvalue weighted by Crippen LogP contribution is -2.47. The zero-order chi connectivity index (χ0) is 11.1. The van der Waals surface area contributed by atoms with Crippen LogP contribution in [0.15, 0.2) is 24.3 Å². The molecule has 2 bridgehead atoms. The van der Waals surface area contributed by atoms with Crippen LogP contribution in [0.5, 0.6) is 0 Å². The third-order valence-electron chi connectivity index (χ3n) is 3.89. The van der Waals surface area contributed by atoms with Crippen LogP contribution in [-0.4, -0.2) is 18.1 Å². The van der Waals surface area contributed by atoms with Crippen molar-refractivity contribution in [2.24, 2.45) is 5.73 Å². The maximum absolute atomic E-state index is 6.07. The molecule has 2 aliphatic heterocycles. The Bertz CT molecular complexity index is 362. The quantitative estimate of drug-likeness (QED) is 0.813. The molecule has 2 nitrogen and oxygen atoms in total. The van der Waals surface area contributed by atoms with E-state index in [1.54, 1.807) is 0 Å². The number of hydrogen-bond acceptors (Lipinski definition) is 2. The minimum atomic E-state index is 0.404. The predicted molar refractivity (Wildman–Crippen MR) is 68.0 cm³/mol. The van der Waals surface area contributed by atoms with Crippen LogP contribution >= 0.6 is 11.6 Å². The van der Waals surface area contributed by atoms with E-state index >= 15 is 0 Å². The second-order valence-electron chi connectivity index (χ2n) is 5.00. The summed E-state index contributed by atoms with van der Waals surface area (Å²) in [5.41, 5.74) is 7.38. The van der Waals surface area contributed by atoms with E-state index in [0.717, 1.165) is 17.9 Å². The fraction of sp³-hybridized carbons (Fsp3) is 0.538. The smallest absolute Gasteiger partial charge is 0.0407 e. The van der Waals surface area contributed by atoms with Crippen LogP contribution in [0.1, 0.15) is 25.7 Å². The van der Waals surface area contributed by atoms with Crippen LogP contribution in [0.25, 0.3) is 0 Å². The molecule has 3 rings (SSSR count). The molecule has 2 heterocycles. The molecule has 2 N–H and O–H groups in total. The summed E-state index contributed by atoms with van der Waals surface area (Å²) in [6.07, 6.45) is 4.86. The first-order valence-electron chi connectivity index (χ1n) is 6.03. The van der Waals surface area contributed by atoms with Crippen molar-refractivity contribution in [2.75, 3.05) is 4.90 Å². The van der Waals surface area contributed by atoms with Crippen molar-refractivity contribution in [2.45, 2.75) is 43.8 Å². The number of piperidine rings is 1. The maximum atomic E-state index is 6.07. The average Bonchev–Trinajstić information content (AvgIpc) is 2.54. The first-order valence-corrected chi connectivity index (χ1v) is 6.41. The van der Waals surface area contributed by atoms with Gasteiger partial charge in [0.25, 0.3) is 0 Å². The van der Waals surface area contributed by atoms with Crippen molar-refractivity contribution >= 4 is 17.3 Å². The fourth-order valence-corrected chi connectivity index (χ4v) is 3.38. The van der Waals surface area contributed by atoms with Gasteiger partial charge < -0.3 is 10.6 Å². The molecule has 1 aromatic carbocycles. The lowest BCUT2D eigenvalue weighted by Gasteiger charge is -2.39. The molecule has 0 aromatic heterocycles. The van der Waals surface area contributed by atoms with E-state index < -0.39 is 0 Å². The Hall–Kier alpha value is -0.730. The van der Waals surface area contributed by atoms with Crippen LogP contribution in [0.3, 0.4) is 0 Å². The number of halogens is 1. The number of anilines is 1. The second kappa shape index (κ2) is 3.94. The van der Waals surface area contributed by atoms with Crippen LogP contribution < -0.4 is 10.6 Å². The zero-order valence-electron chi connectivity index (χ0n) is 9.27. The first kappa shape index (κ1) is 10.4. The third-order valence-corrected chi connectivity index (χ3v) is 4.15. The van der Waals surface area contributed by atoms with Gasteiger partial charge >= 0.3 is 0 Å². The van der Waals surface area contributed by atoms with Crippen molar-refractivity contribution in [3.8, 4) is 0 Å². The highest BCUT2D eigenvalue weighted by atomic mass is 35.5. The number of nitrogens with zero attached hydrogens (tertiary/aromatic N) is 1. The van der Waals surface area contributed by atoms with Crippen molar-refractivity contribution in [1.82, 2.24) is 0 Å². The summed E-state index contributed by atoms with van der Waals surface area (Å²) < 4.78 is 0. The van der Waals surface area contributed by atoms with E-state index in [4.69, 9.17) is 17.3 Å². The van der Waals surface area contributed by atoms with Gasteiger partial charge in [0.1, 0.15) is 0 Å².